The van der Waals surface area contributed by atoms with E-state index in [0.29, 0.717) is 16.9 Å². The molecule has 1 N–H and O–H groups in total. The second-order valence-corrected chi connectivity index (χ2v) is 5.43. The average Bonchev–Trinajstić information content (AvgIpc) is 2.68. The molecule has 0 saturated heterocycles. The van der Waals surface area contributed by atoms with Crippen molar-refractivity contribution in [2.45, 2.75) is 6.54 Å². The van der Waals surface area contributed by atoms with Crippen LogP contribution in [0.25, 0.3) is 11.2 Å². The molecule has 0 spiro atoms. The van der Waals surface area contributed by atoms with Gasteiger partial charge in [-0.3, -0.25) is 14.2 Å². The van der Waals surface area contributed by atoms with E-state index in [9.17, 15) is 9.59 Å². The lowest BCUT2D eigenvalue weighted by molar-refractivity contribution is 0.0952. The number of carbonyl (C=O) groups excluding carboxylic acids is 1. The number of aromatic nitrogens is 3. The lowest BCUT2D eigenvalue weighted by atomic mass is 10.2. The topological polar surface area (TPSA) is 86.1 Å². The van der Waals surface area contributed by atoms with E-state index in [1.165, 1.54) is 4.57 Å². The van der Waals surface area contributed by atoms with Gasteiger partial charge < -0.3 is 10.1 Å². The SMILES string of the molecule is C#CCNC(=O)c1nc2cccnc2n(Cc2ccc(OC)cc2)c1=O. The van der Waals surface area contributed by atoms with Crippen LogP contribution in [0.3, 0.4) is 0 Å². The average molecular weight is 348 g/mol. The van der Waals surface area contributed by atoms with Crippen LogP contribution in [0, 0.1) is 12.3 Å². The van der Waals surface area contributed by atoms with Gasteiger partial charge in [0.05, 0.1) is 20.2 Å². The lowest BCUT2D eigenvalue weighted by Gasteiger charge is -2.11. The Bertz CT molecular complexity index is 1050. The molecule has 1 aromatic carbocycles. The Morgan fingerprint density at radius 1 is 1.31 bits per heavy atom. The fourth-order valence-corrected chi connectivity index (χ4v) is 2.50. The molecule has 0 saturated carbocycles. The summed E-state index contributed by atoms with van der Waals surface area (Å²) in [5.41, 5.74) is 0.977. The van der Waals surface area contributed by atoms with Crippen molar-refractivity contribution in [2.24, 2.45) is 0 Å². The fraction of sp³-hybridized carbons (Fsp3) is 0.158. The van der Waals surface area contributed by atoms with Crippen molar-refractivity contribution < 1.29 is 9.53 Å². The van der Waals surface area contributed by atoms with E-state index in [1.807, 2.05) is 12.1 Å². The van der Waals surface area contributed by atoms with E-state index in [2.05, 4.69) is 21.2 Å². The smallest absolute Gasteiger partial charge is 0.284 e. The molecule has 1 amide bonds. The molecule has 0 aliphatic carbocycles. The van der Waals surface area contributed by atoms with Crippen molar-refractivity contribution in [1.29, 1.82) is 0 Å². The molecular weight excluding hydrogens is 332 g/mol. The van der Waals surface area contributed by atoms with Crippen molar-refractivity contribution >= 4 is 17.1 Å². The van der Waals surface area contributed by atoms with Crippen LogP contribution < -0.4 is 15.6 Å². The number of nitrogens with zero attached hydrogens (tertiary/aromatic N) is 3. The minimum atomic E-state index is -0.609. The van der Waals surface area contributed by atoms with E-state index < -0.39 is 11.5 Å². The van der Waals surface area contributed by atoms with E-state index in [-0.39, 0.29) is 18.8 Å². The number of amides is 1. The summed E-state index contributed by atoms with van der Waals surface area (Å²) in [7, 11) is 1.58. The van der Waals surface area contributed by atoms with Crippen LogP contribution in [0.1, 0.15) is 16.1 Å². The number of carbonyl (C=O) groups is 1. The molecule has 0 unspecified atom stereocenters. The Labute approximate surface area is 149 Å². The molecule has 0 radical (unpaired) electrons. The number of ether oxygens (including phenoxy) is 1. The van der Waals surface area contributed by atoms with E-state index >= 15 is 0 Å². The largest absolute Gasteiger partial charge is 0.497 e. The highest BCUT2D eigenvalue weighted by Gasteiger charge is 2.18. The molecule has 2 heterocycles. The predicted molar refractivity (Wildman–Crippen MR) is 97.1 cm³/mol. The van der Waals surface area contributed by atoms with Crippen LogP contribution in [0.5, 0.6) is 5.75 Å². The molecular formula is C19H16N4O3. The molecule has 130 valence electrons. The van der Waals surface area contributed by atoms with Gasteiger partial charge in [-0.1, -0.05) is 18.1 Å². The molecule has 2 aromatic heterocycles. The summed E-state index contributed by atoms with van der Waals surface area (Å²) in [6, 6.07) is 10.7. The van der Waals surface area contributed by atoms with Crippen LogP contribution in [0.15, 0.2) is 47.4 Å². The van der Waals surface area contributed by atoms with Gasteiger partial charge in [0, 0.05) is 6.20 Å². The standard InChI is InChI=1S/C19H16N4O3/c1-3-10-21-18(24)16-19(25)23(17-15(22-16)5-4-11-20-17)12-13-6-8-14(26-2)9-7-13/h1,4-9,11H,10,12H2,2H3,(H,21,24). The molecule has 3 aromatic rings. The number of pyridine rings is 1. The zero-order valence-electron chi connectivity index (χ0n) is 14.1. The maximum absolute atomic E-state index is 12.8. The van der Waals surface area contributed by atoms with Crippen LogP contribution in [0.2, 0.25) is 0 Å². The quantitative estimate of drug-likeness (QED) is 0.701. The van der Waals surface area contributed by atoms with Crippen molar-refractivity contribution in [3.05, 3.63) is 64.2 Å². The molecule has 0 bridgehead atoms. The van der Waals surface area contributed by atoms with Gasteiger partial charge in [0.15, 0.2) is 11.3 Å². The second-order valence-electron chi connectivity index (χ2n) is 5.43. The Balaban J connectivity index is 2.09. The summed E-state index contributed by atoms with van der Waals surface area (Å²) in [5.74, 6) is 2.40. The van der Waals surface area contributed by atoms with Crippen molar-refractivity contribution in [3.63, 3.8) is 0 Å². The summed E-state index contributed by atoms with van der Waals surface area (Å²) < 4.78 is 6.57. The number of terminal acetylenes is 1. The van der Waals surface area contributed by atoms with Crippen molar-refractivity contribution in [2.75, 3.05) is 13.7 Å². The Kier molecular flexibility index (Phi) is 4.94. The number of hydrogen-bond donors (Lipinski definition) is 1. The molecule has 7 nitrogen and oxygen atoms in total. The first kappa shape index (κ1) is 17.2. The Hall–Kier alpha value is -3.66. The highest BCUT2D eigenvalue weighted by Crippen LogP contribution is 2.14. The van der Waals surface area contributed by atoms with Gasteiger partial charge in [-0.2, -0.15) is 0 Å². The first-order chi connectivity index (χ1) is 12.6. The van der Waals surface area contributed by atoms with E-state index in [1.54, 1.807) is 37.6 Å². The minimum Gasteiger partial charge on any atom is -0.497 e. The maximum Gasteiger partial charge on any atom is 0.284 e. The maximum atomic E-state index is 12.8. The Morgan fingerprint density at radius 3 is 2.77 bits per heavy atom. The third-order valence-electron chi connectivity index (χ3n) is 3.77. The van der Waals surface area contributed by atoms with Gasteiger partial charge in [-0.05, 0) is 29.8 Å². The number of fused-ring (bicyclic) bond motifs is 1. The molecule has 0 aliphatic heterocycles. The normalized spacial score (nSPS) is 10.3. The highest BCUT2D eigenvalue weighted by atomic mass is 16.5. The van der Waals surface area contributed by atoms with Gasteiger partial charge in [0.1, 0.15) is 11.3 Å². The summed E-state index contributed by atoms with van der Waals surface area (Å²) in [6.07, 6.45) is 6.73. The summed E-state index contributed by atoms with van der Waals surface area (Å²) in [4.78, 5) is 33.5. The molecule has 0 aliphatic rings. The Morgan fingerprint density at radius 2 is 2.08 bits per heavy atom. The number of nitrogens with one attached hydrogen (secondary N) is 1. The predicted octanol–water partition coefficient (Wildman–Crippen LogP) is 1.21. The number of methoxy groups -OCH3 is 1. The van der Waals surface area contributed by atoms with E-state index in [0.717, 1.165) is 5.56 Å². The zero-order valence-corrected chi connectivity index (χ0v) is 14.1. The van der Waals surface area contributed by atoms with Gasteiger partial charge in [0.25, 0.3) is 11.5 Å². The van der Waals surface area contributed by atoms with Crippen LogP contribution >= 0.6 is 0 Å². The van der Waals surface area contributed by atoms with Gasteiger partial charge >= 0.3 is 0 Å². The first-order valence-corrected chi connectivity index (χ1v) is 7.84. The third kappa shape index (κ3) is 3.39. The lowest BCUT2D eigenvalue weighted by Crippen LogP contribution is -2.35. The van der Waals surface area contributed by atoms with E-state index in [4.69, 9.17) is 11.2 Å². The van der Waals surface area contributed by atoms with Crippen LogP contribution in [0.4, 0.5) is 0 Å². The summed E-state index contributed by atoms with van der Waals surface area (Å²) >= 11 is 0. The van der Waals surface area contributed by atoms with Crippen LogP contribution in [-0.2, 0) is 6.54 Å². The first-order valence-electron chi connectivity index (χ1n) is 7.84. The molecule has 7 heteroatoms. The minimum absolute atomic E-state index is 0.0174. The monoisotopic (exact) mass is 348 g/mol. The molecule has 0 atom stereocenters. The number of rotatable bonds is 5. The van der Waals surface area contributed by atoms with Gasteiger partial charge in [-0.25, -0.2) is 9.97 Å². The number of benzene rings is 1. The number of hydrogen-bond acceptors (Lipinski definition) is 5. The fourth-order valence-electron chi connectivity index (χ4n) is 2.50. The third-order valence-corrected chi connectivity index (χ3v) is 3.77. The second kappa shape index (κ2) is 7.49. The highest BCUT2D eigenvalue weighted by molar-refractivity contribution is 5.93. The van der Waals surface area contributed by atoms with Crippen LogP contribution in [-0.4, -0.2) is 34.1 Å². The van der Waals surface area contributed by atoms with Crippen molar-refractivity contribution in [1.82, 2.24) is 19.9 Å². The molecule has 26 heavy (non-hydrogen) atoms. The molecule has 3 rings (SSSR count). The molecule has 0 fully saturated rings. The summed E-state index contributed by atoms with van der Waals surface area (Å²) in [6.45, 7) is 0.262. The van der Waals surface area contributed by atoms with Crippen molar-refractivity contribution in [3.8, 4) is 18.1 Å². The zero-order chi connectivity index (χ0) is 18.5. The summed E-state index contributed by atoms with van der Waals surface area (Å²) in [5, 5.41) is 2.47. The van der Waals surface area contributed by atoms with Gasteiger partial charge in [-0.15, -0.1) is 6.42 Å². The van der Waals surface area contributed by atoms with Gasteiger partial charge in [0.2, 0.25) is 0 Å².